The van der Waals surface area contributed by atoms with Gasteiger partial charge >= 0.3 is 5.97 Å². The van der Waals surface area contributed by atoms with E-state index in [1.54, 1.807) is 12.1 Å². The van der Waals surface area contributed by atoms with E-state index >= 15 is 0 Å². The zero-order valence-corrected chi connectivity index (χ0v) is 11.7. The van der Waals surface area contributed by atoms with Crippen LogP contribution in [0.15, 0.2) is 12.1 Å². The quantitative estimate of drug-likeness (QED) is 0.867. The first-order valence-electron chi connectivity index (χ1n) is 5.73. The number of halogens is 1. The Morgan fingerprint density at radius 2 is 1.89 bits per heavy atom. The van der Waals surface area contributed by atoms with Crippen molar-refractivity contribution >= 4 is 23.5 Å². The summed E-state index contributed by atoms with van der Waals surface area (Å²) in [6.07, 6.45) is 0. The van der Waals surface area contributed by atoms with Gasteiger partial charge in [0.05, 0.1) is 0 Å². The lowest BCUT2D eigenvalue weighted by Gasteiger charge is -2.12. The van der Waals surface area contributed by atoms with Gasteiger partial charge in [0.25, 0.3) is 5.91 Å². The second kappa shape index (κ2) is 6.43. The van der Waals surface area contributed by atoms with Gasteiger partial charge in [-0.1, -0.05) is 11.6 Å². The van der Waals surface area contributed by atoms with Crippen LogP contribution in [0, 0.1) is 13.8 Å². The molecule has 0 bridgehead atoms. The Labute approximate surface area is 116 Å². The highest BCUT2D eigenvalue weighted by Crippen LogP contribution is 2.25. The molecule has 0 aromatic heterocycles. The van der Waals surface area contributed by atoms with Crippen molar-refractivity contribution in [3.63, 3.8) is 0 Å². The number of carbonyl (C=O) groups excluding carboxylic acids is 1. The lowest BCUT2D eigenvalue weighted by molar-refractivity contribution is -0.141. The molecule has 5 nitrogen and oxygen atoms in total. The van der Waals surface area contributed by atoms with Gasteiger partial charge in [0.1, 0.15) is 11.8 Å². The number of benzene rings is 1. The molecule has 0 heterocycles. The second-order valence-electron chi connectivity index (χ2n) is 4.29. The summed E-state index contributed by atoms with van der Waals surface area (Å²) in [5.41, 5.74) is 1.71. The zero-order valence-electron chi connectivity index (χ0n) is 11.0. The minimum absolute atomic E-state index is 0.238. The number of carboxylic acid groups (broad SMARTS) is 1. The molecule has 0 saturated carbocycles. The third kappa shape index (κ3) is 4.44. The molecule has 0 aliphatic heterocycles. The Morgan fingerprint density at radius 3 is 2.37 bits per heavy atom. The van der Waals surface area contributed by atoms with Gasteiger partial charge in [-0.2, -0.15) is 0 Å². The van der Waals surface area contributed by atoms with Crippen molar-refractivity contribution in [1.29, 1.82) is 0 Å². The molecular weight excluding hydrogens is 270 g/mol. The molecule has 1 rings (SSSR count). The van der Waals surface area contributed by atoms with Gasteiger partial charge in [-0.05, 0) is 44.0 Å². The van der Waals surface area contributed by atoms with Crippen molar-refractivity contribution in [2.45, 2.75) is 26.8 Å². The molecular formula is C13H16ClNO4. The molecule has 0 unspecified atom stereocenters. The maximum atomic E-state index is 11.4. The smallest absolute Gasteiger partial charge is 0.325 e. The molecule has 19 heavy (non-hydrogen) atoms. The van der Waals surface area contributed by atoms with Crippen LogP contribution in [0.1, 0.15) is 18.1 Å². The van der Waals surface area contributed by atoms with Gasteiger partial charge < -0.3 is 15.2 Å². The van der Waals surface area contributed by atoms with Crippen LogP contribution >= 0.6 is 11.6 Å². The molecule has 1 aromatic rings. The highest BCUT2D eigenvalue weighted by atomic mass is 35.5. The van der Waals surface area contributed by atoms with Crippen molar-refractivity contribution in [2.75, 3.05) is 6.61 Å². The van der Waals surface area contributed by atoms with Gasteiger partial charge in [-0.15, -0.1) is 0 Å². The highest BCUT2D eigenvalue weighted by Gasteiger charge is 2.14. The van der Waals surface area contributed by atoms with E-state index in [1.165, 1.54) is 6.92 Å². The molecule has 104 valence electrons. The number of aliphatic carboxylic acids is 1. The van der Waals surface area contributed by atoms with E-state index in [-0.39, 0.29) is 6.61 Å². The number of amides is 1. The van der Waals surface area contributed by atoms with Crippen molar-refractivity contribution in [2.24, 2.45) is 0 Å². The van der Waals surface area contributed by atoms with Crippen LogP contribution in [0.3, 0.4) is 0 Å². The first-order chi connectivity index (χ1) is 8.81. The van der Waals surface area contributed by atoms with Crippen LogP contribution in [0.25, 0.3) is 0 Å². The summed E-state index contributed by atoms with van der Waals surface area (Å²) < 4.78 is 5.30. The maximum absolute atomic E-state index is 11.4. The predicted octanol–water partition coefficient (Wildman–Crippen LogP) is 1.92. The normalized spacial score (nSPS) is 11.8. The Morgan fingerprint density at radius 1 is 1.37 bits per heavy atom. The molecule has 1 amide bonds. The third-order valence-electron chi connectivity index (χ3n) is 2.53. The van der Waals surface area contributed by atoms with Crippen molar-refractivity contribution in [1.82, 2.24) is 5.32 Å². The van der Waals surface area contributed by atoms with Crippen LogP contribution in [0.5, 0.6) is 5.75 Å². The van der Waals surface area contributed by atoms with Crippen LogP contribution in [0.2, 0.25) is 5.02 Å². The van der Waals surface area contributed by atoms with Gasteiger partial charge in [0.15, 0.2) is 6.61 Å². The standard InChI is InChI=1S/C13H16ClNO4/c1-7-4-10(5-8(2)12(7)14)19-6-11(16)15-9(3)13(17)18/h4-5,9H,6H2,1-3H3,(H,15,16)(H,17,18)/t9-/m1/s1. The minimum Gasteiger partial charge on any atom is -0.484 e. The summed E-state index contributed by atoms with van der Waals surface area (Å²) >= 11 is 6.02. The van der Waals surface area contributed by atoms with Crippen molar-refractivity contribution < 1.29 is 19.4 Å². The van der Waals surface area contributed by atoms with Gasteiger partial charge in [-0.3, -0.25) is 9.59 Å². The lowest BCUT2D eigenvalue weighted by Crippen LogP contribution is -2.40. The number of ether oxygens (including phenoxy) is 1. The maximum Gasteiger partial charge on any atom is 0.325 e. The van der Waals surface area contributed by atoms with Crippen LogP contribution in [0.4, 0.5) is 0 Å². The number of nitrogens with one attached hydrogen (secondary N) is 1. The predicted molar refractivity (Wildman–Crippen MR) is 71.7 cm³/mol. The van der Waals surface area contributed by atoms with Crippen molar-refractivity contribution in [3.05, 3.63) is 28.3 Å². The second-order valence-corrected chi connectivity index (χ2v) is 4.67. The highest BCUT2D eigenvalue weighted by molar-refractivity contribution is 6.32. The summed E-state index contributed by atoms with van der Waals surface area (Å²) in [6.45, 7) is 4.83. The third-order valence-corrected chi connectivity index (χ3v) is 3.12. The molecule has 0 saturated heterocycles. The fraction of sp³-hybridized carbons (Fsp3) is 0.385. The average Bonchev–Trinajstić information content (AvgIpc) is 2.33. The summed E-state index contributed by atoms with van der Waals surface area (Å²) in [6, 6.07) is 2.51. The largest absolute Gasteiger partial charge is 0.484 e. The SMILES string of the molecule is Cc1cc(OCC(=O)N[C@H](C)C(=O)O)cc(C)c1Cl. The molecule has 0 fully saturated rings. The minimum atomic E-state index is -1.09. The lowest BCUT2D eigenvalue weighted by atomic mass is 10.1. The average molecular weight is 286 g/mol. The Kier molecular flexibility index (Phi) is 5.18. The van der Waals surface area contributed by atoms with E-state index in [4.69, 9.17) is 21.4 Å². The Balaban J connectivity index is 2.58. The fourth-order valence-electron chi connectivity index (χ4n) is 1.48. The molecule has 0 aliphatic carbocycles. The summed E-state index contributed by atoms with van der Waals surface area (Å²) in [4.78, 5) is 22.0. The number of carboxylic acids is 1. The van der Waals surface area contributed by atoms with E-state index < -0.39 is 17.9 Å². The van der Waals surface area contributed by atoms with E-state index in [2.05, 4.69) is 5.32 Å². The summed E-state index contributed by atoms with van der Waals surface area (Å²) in [5, 5.41) is 11.6. The summed E-state index contributed by atoms with van der Waals surface area (Å²) in [7, 11) is 0. The van der Waals surface area contributed by atoms with E-state index in [0.717, 1.165) is 11.1 Å². The Bertz CT molecular complexity index is 478. The number of hydrogen-bond acceptors (Lipinski definition) is 3. The topological polar surface area (TPSA) is 75.6 Å². The van der Waals surface area contributed by atoms with Gasteiger partial charge in [0.2, 0.25) is 0 Å². The van der Waals surface area contributed by atoms with Gasteiger partial charge in [0, 0.05) is 5.02 Å². The number of rotatable bonds is 5. The van der Waals surface area contributed by atoms with Crippen molar-refractivity contribution in [3.8, 4) is 5.75 Å². The Hall–Kier alpha value is -1.75. The van der Waals surface area contributed by atoms with E-state index in [1.807, 2.05) is 13.8 Å². The van der Waals surface area contributed by atoms with E-state index in [0.29, 0.717) is 10.8 Å². The monoisotopic (exact) mass is 285 g/mol. The first kappa shape index (κ1) is 15.3. The molecule has 2 N–H and O–H groups in total. The van der Waals surface area contributed by atoms with Crippen LogP contribution in [-0.4, -0.2) is 29.6 Å². The fourth-order valence-corrected chi connectivity index (χ4v) is 1.59. The van der Waals surface area contributed by atoms with Gasteiger partial charge in [-0.25, -0.2) is 0 Å². The molecule has 0 spiro atoms. The molecule has 0 radical (unpaired) electrons. The molecule has 6 heteroatoms. The number of hydrogen-bond donors (Lipinski definition) is 2. The summed E-state index contributed by atoms with van der Waals surface area (Å²) in [5.74, 6) is -1.05. The molecule has 1 atom stereocenters. The molecule has 1 aromatic carbocycles. The van der Waals surface area contributed by atoms with Crippen LogP contribution < -0.4 is 10.1 Å². The zero-order chi connectivity index (χ0) is 14.6. The first-order valence-corrected chi connectivity index (χ1v) is 6.10. The van der Waals surface area contributed by atoms with Crippen LogP contribution in [-0.2, 0) is 9.59 Å². The number of aryl methyl sites for hydroxylation is 2. The molecule has 0 aliphatic rings. The number of carbonyl (C=O) groups is 2. The van der Waals surface area contributed by atoms with E-state index in [9.17, 15) is 9.59 Å².